The Bertz CT molecular complexity index is 467. The summed E-state index contributed by atoms with van der Waals surface area (Å²) in [5.41, 5.74) is 0.265. The number of thioether (sulfide) groups is 1. The Hall–Kier alpha value is 0.260. The van der Waals surface area contributed by atoms with Gasteiger partial charge in [-0.1, -0.05) is 0 Å². The fourth-order valence-corrected chi connectivity index (χ4v) is 4.02. The van der Waals surface area contributed by atoms with Gasteiger partial charge in [0.15, 0.2) is 0 Å². The zero-order valence-corrected chi connectivity index (χ0v) is 15.6. The average molecular weight is 507 g/mol. The van der Waals surface area contributed by atoms with Crippen LogP contribution < -0.4 is 5.32 Å². The first-order chi connectivity index (χ1) is 8.90. The number of carbonyl (C=O) groups is 1. The number of benzene rings is 1. The fourth-order valence-electron chi connectivity index (χ4n) is 1.55. The monoisotopic (exact) mass is 507 g/mol. The predicted molar refractivity (Wildman–Crippen MR) is 94.9 cm³/mol. The molecular formula is C12H15I2NO3S. The lowest BCUT2D eigenvalue weighted by atomic mass is 10.1. The molecule has 1 rings (SSSR count). The topological polar surface area (TPSA) is 69.6 Å². The van der Waals surface area contributed by atoms with Crippen LogP contribution in [-0.2, 0) is 0 Å². The molecule has 1 aromatic rings. The zero-order valence-electron chi connectivity index (χ0n) is 10.5. The Balaban J connectivity index is 2.90. The lowest BCUT2D eigenvalue weighted by Gasteiger charge is -2.21. The molecule has 7 heteroatoms. The van der Waals surface area contributed by atoms with Crippen LogP contribution >= 0.6 is 56.9 Å². The van der Waals surface area contributed by atoms with Gasteiger partial charge in [0.05, 0.1) is 15.7 Å². The molecule has 0 aliphatic rings. The Morgan fingerprint density at radius 3 is 2.63 bits per heavy atom. The molecule has 0 saturated carbocycles. The van der Waals surface area contributed by atoms with Gasteiger partial charge < -0.3 is 15.5 Å². The van der Waals surface area contributed by atoms with Gasteiger partial charge in [0.25, 0.3) is 5.91 Å². The number of aliphatic hydroxyl groups is 1. The lowest BCUT2D eigenvalue weighted by molar-refractivity contribution is 0.0933. The zero-order chi connectivity index (χ0) is 14.6. The summed E-state index contributed by atoms with van der Waals surface area (Å²) in [5, 5.41) is 21.9. The van der Waals surface area contributed by atoms with E-state index in [-0.39, 0.29) is 35.1 Å². The molecule has 19 heavy (non-hydrogen) atoms. The number of halogens is 2. The first kappa shape index (κ1) is 17.3. The van der Waals surface area contributed by atoms with Crippen LogP contribution in [0.2, 0.25) is 0 Å². The number of hydrogen-bond donors (Lipinski definition) is 3. The maximum Gasteiger partial charge on any atom is 0.255 e. The van der Waals surface area contributed by atoms with Crippen LogP contribution in [0, 0.1) is 7.14 Å². The van der Waals surface area contributed by atoms with E-state index >= 15 is 0 Å². The van der Waals surface area contributed by atoms with Crippen LogP contribution in [0.1, 0.15) is 17.3 Å². The third-order valence-corrected chi connectivity index (χ3v) is 5.28. The lowest BCUT2D eigenvalue weighted by Crippen LogP contribution is -2.41. The number of carbonyl (C=O) groups excluding carboxylic acids is 1. The van der Waals surface area contributed by atoms with E-state index in [1.165, 1.54) is 11.8 Å². The van der Waals surface area contributed by atoms with Crippen LogP contribution in [0.25, 0.3) is 0 Å². The Morgan fingerprint density at radius 1 is 1.47 bits per heavy atom. The summed E-state index contributed by atoms with van der Waals surface area (Å²) in [6, 6.07) is 3.27. The first-order valence-corrected chi connectivity index (χ1v) is 8.97. The molecule has 0 fully saturated rings. The molecule has 0 spiro atoms. The number of aromatic hydroxyl groups is 1. The largest absolute Gasteiger partial charge is 0.506 e. The number of phenolic OH excluding ortho intramolecular Hbond substituents is 1. The highest BCUT2D eigenvalue weighted by atomic mass is 127. The molecule has 4 nitrogen and oxygen atoms in total. The number of nitrogens with one attached hydrogen (secondary N) is 1. The Labute approximate surface area is 144 Å². The van der Waals surface area contributed by atoms with Crippen molar-refractivity contribution in [3.05, 3.63) is 24.8 Å². The number of rotatable bonds is 5. The van der Waals surface area contributed by atoms with Gasteiger partial charge in [-0.2, -0.15) is 11.8 Å². The molecule has 3 N–H and O–H groups in total. The van der Waals surface area contributed by atoms with Gasteiger partial charge in [-0.15, -0.1) is 0 Å². The minimum Gasteiger partial charge on any atom is -0.506 e. The van der Waals surface area contributed by atoms with Crippen LogP contribution in [-0.4, -0.2) is 40.3 Å². The van der Waals surface area contributed by atoms with Gasteiger partial charge in [0.2, 0.25) is 0 Å². The Kier molecular flexibility index (Phi) is 7.19. The molecular weight excluding hydrogens is 492 g/mol. The number of hydrogen-bond acceptors (Lipinski definition) is 4. The normalized spacial score (nSPS) is 13.9. The van der Waals surface area contributed by atoms with Gasteiger partial charge in [-0.25, -0.2) is 0 Å². The molecule has 0 aliphatic carbocycles. The molecule has 0 aliphatic heterocycles. The van der Waals surface area contributed by atoms with Crippen molar-refractivity contribution in [2.24, 2.45) is 0 Å². The van der Waals surface area contributed by atoms with Crippen molar-refractivity contribution in [3.63, 3.8) is 0 Å². The third kappa shape index (κ3) is 4.64. The van der Waals surface area contributed by atoms with Crippen LogP contribution in [0.3, 0.4) is 0 Å². The van der Waals surface area contributed by atoms with E-state index in [2.05, 4.69) is 27.9 Å². The Morgan fingerprint density at radius 2 is 2.11 bits per heavy atom. The van der Waals surface area contributed by atoms with Crippen molar-refractivity contribution < 1.29 is 15.0 Å². The summed E-state index contributed by atoms with van der Waals surface area (Å²) in [5.74, 6) is -0.329. The van der Waals surface area contributed by atoms with Crippen LogP contribution in [0.4, 0.5) is 0 Å². The molecule has 0 heterocycles. The predicted octanol–water partition coefficient (Wildman–Crippen LogP) is 2.44. The van der Waals surface area contributed by atoms with Crippen LogP contribution in [0.5, 0.6) is 5.75 Å². The molecule has 0 aromatic heterocycles. The molecule has 0 radical (unpaired) electrons. The standard InChI is InChI=1S/C12H15I2NO3S/c1-6(10(5-16)19-2)15-12(18)8-3-7(13)4-9(14)11(8)17/h3-4,6,10,16-17H,5H2,1-2H3,(H,15,18). The second-order valence-corrected chi connectivity index (χ2v) is 7.49. The number of amides is 1. The summed E-state index contributed by atoms with van der Waals surface area (Å²) in [7, 11) is 0. The molecule has 106 valence electrons. The van der Waals surface area contributed by atoms with E-state index < -0.39 is 0 Å². The van der Waals surface area contributed by atoms with E-state index in [0.29, 0.717) is 3.57 Å². The minimum atomic E-state index is -0.325. The van der Waals surface area contributed by atoms with E-state index in [1.807, 2.05) is 35.8 Å². The number of phenols is 1. The number of aliphatic hydroxyl groups excluding tert-OH is 1. The quantitative estimate of drug-likeness (QED) is 0.536. The van der Waals surface area contributed by atoms with E-state index in [1.54, 1.807) is 12.1 Å². The van der Waals surface area contributed by atoms with Crippen molar-refractivity contribution in [3.8, 4) is 5.75 Å². The molecule has 1 amide bonds. The first-order valence-electron chi connectivity index (χ1n) is 5.53. The summed E-state index contributed by atoms with van der Waals surface area (Å²) in [6.07, 6.45) is 1.88. The van der Waals surface area contributed by atoms with Crippen molar-refractivity contribution in [1.29, 1.82) is 0 Å². The molecule has 1 aromatic carbocycles. The van der Waals surface area contributed by atoms with Gasteiger partial charge in [-0.05, 0) is 70.5 Å². The fraction of sp³-hybridized carbons (Fsp3) is 0.417. The highest BCUT2D eigenvalue weighted by Gasteiger charge is 2.21. The highest BCUT2D eigenvalue weighted by molar-refractivity contribution is 14.1. The second-order valence-electron chi connectivity index (χ2n) is 4.00. The smallest absolute Gasteiger partial charge is 0.255 e. The second kappa shape index (κ2) is 7.89. The summed E-state index contributed by atoms with van der Waals surface area (Å²) in [4.78, 5) is 12.1. The third-order valence-electron chi connectivity index (χ3n) is 2.67. The van der Waals surface area contributed by atoms with E-state index in [9.17, 15) is 15.0 Å². The van der Waals surface area contributed by atoms with Gasteiger partial charge in [0, 0.05) is 14.9 Å². The average Bonchev–Trinajstić information content (AvgIpc) is 2.35. The van der Waals surface area contributed by atoms with E-state index in [4.69, 9.17) is 0 Å². The minimum absolute atomic E-state index is 0.00153. The van der Waals surface area contributed by atoms with E-state index in [0.717, 1.165) is 3.57 Å². The van der Waals surface area contributed by atoms with Crippen molar-refractivity contribution in [2.75, 3.05) is 12.9 Å². The van der Waals surface area contributed by atoms with Gasteiger partial charge >= 0.3 is 0 Å². The molecule has 0 bridgehead atoms. The van der Waals surface area contributed by atoms with Gasteiger partial charge in [0.1, 0.15) is 5.75 Å². The van der Waals surface area contributed by atoms with Crippen molar-refractivity contribution in [1.82, 2.24) is 5.32 Å². The summed E-state index contributed by atoms with van der Waals surface area (Å²) in [6.45, 7) is 1.84. The maximum atomic E-state index is 12.1. The molecule has 0 saturated heterocycles. The van der Waals surface area contributed by atoms with Gasteiger partial charge in [-0.3, -0.25) is 4.79 Å². The molecule has 2 atom stereocenters. The van der Waals surface area contributed by atoms with Crippen molar-refractivity contribution >= 4 is 62.9 Å². The van der Waals surface area contributed by atoms with Crippen molar-refractivity contribution in [2.45, 2.75) is 18.2 Å². The summed E-state index contributed by atoms with van der Waals surface area (Å²) >= 11 is 5.59. The SMILES string of the molecule is CSC(CO)C(C)NC(=O)c1cc(I)cc(I)c1O. The highest BCUT2D eigenvalue weighted by Crippen LogP contribution is 2.27. The van der Waals surface area contributed by atoms with Crippen LogP contribution in [0.15, 0.2) is 12.1 Å². The maximum absolute atomic E-state index is 12.1. The summed E-state index contributed by atoms with van der Waals surface area (Å²) < 4.78 is 1.53. The molecule has 2 unspecified atom stereocenters.